The van der Waals surface area contributed by atoms with Crippen LogP contribution < -0.4 is 4.74 Å². The van der Waals surface area contributed by atoms with Crippen molar-refractivity contribution in [3.63, 3.8) is 0 Å². The van der Waals surface area contributed by atoms with Gasteiger partial charge < -0.3 is 14.9 Å². The lowest BCUT2D eigenvalue weighted by atomic mass is 10.00. The van der Waals surface area contributed by atoms with Crippen LogP contribution in [0.2, 0.25) is 0 Å². The minimum Gasteiger partial charge on any atom is -0.508 e. The topological polar surface area (TPSA) is 49.7 Å². The van der Waals surface area contributed by atoms with Crippen LogP contribution in [0.15, 0.2) is 35.4 Å². The Hall–Kier alpha value is -1.74. The third-order valence-corrected chi connectivity index (χ3v) is 4.41. The van der Waals surface area contributed by atoms with E-state index in [0.29, 0.717) is 17.9 Å². The van der Waals surface area contributed by atoms with E-state index in [1.54, 1.807) is 0 Å². The van der Waals surface area contributed by atoms with Crippen molar-refractivity contribution < 1.29 is 14.9 Å². The van der Waals surface area contributed by atoms with E-state index in [9.17, 15) is 5.11 Å². The Balaban J connectivity index is 0.00000352. The molecule has 0 atom stereocenters. The average molecular weight is 391 g/mol. The van der Waals surface area contributed by atoms with Crippen LogP contribution in [0.25, 0.3) is 0 Å². The van der Waals surface area contributed by atoms with Crippen molar-refractivity contribution in [2.24, 2.45) is 0 Å². The van der Waals surface area contributed by atoms with E-state index < -0.39 is 0 Å². The lowest BCUT2D eigenvalue weighted by molar-refractivity contribution is 0.200. The van der Waals surface area contributed by atoms with E-state index in [0.717, 1.165) is 36.8 Å². The number of phenolic OH excluding ortho intramolecular Hbond substituents is 1. The number of aliphatic hydroxyl groups excluding tert-OH is 1. The van der Waals surface area contributed by atoms with Crippen LogP contribution in [-0.4, -0.2) is 23.4 Å². The second kappa shape index (κ2) is 16.2. The molecule has 0 amide bonds. The van der Waals surface area contributed by atoms with Crippen molar-refractivity contribution in [3.8, 4) is 11.5 Å². The lowest BCUT2D eigenvalue weighted by Crippen LogP contribution is -2.05. The number of aromatic hydroxyl groups is 1. The summed E-state index contributed by atoms with van der Waals surface area (Å²) in [5.41, 5.74) is 4.55. The van der Waals surface area contributed by atoms with Gasteiger partial charge in [-0.25, -0.2) is 0 Å². The van der Waals surface area contributed by atoms with Gasteiger partial charge in [0.25, 0.3) is 0 Å². The first-order chi connectivity index (χ1) is 13.5. The van der Waals surface area contributed by atoms with Crippen LogP contribution in [0.4, 0.5) is 0 Å². The summed E-state index contributed by atoms with van der Waals surface area (Å²) in [5, 5.41) is 19.6. The third kappa shape index (κ3) is 11.2. The first-order valence-electron chi connectivity index (χ1n) is 10.8. The molecule has 0 aliphatic heterocycles. The Morgan fingerprint density at radius 1 is 1.07 bits per heavy atom. The molecule has 0 unspecified atom stereocenters. The van der Waals surface area contributed by atoms with Crippen LogP contribution in [0.3, 0.4) is 0 Å². The molecule has 160 valence electrons. The number of hydrogen-bond donors (Lipinski definition) is 2. The summed E-state index contributed by atoms with van der Waals surface area (Å²) in [5.74, 6) is 0.985. The van der Waals surface area contributed by atoms with Gasteiger partial charge in [0.1, 0.15) is 18.1 Å². The highest BCUT2D eigenvalue weighted by atomic mass is 16.5. The van der Waals surface area contributed by atoms with Crippen molar-refractivity contribution in [2.75, 3.05) is 13.2 Å². The normalized spacial score (nSPS) is 10.9. The Morgan fingerprint density at radius 2 is 1.79 bits per heavy atom. The molecule has 0 aromatic heterocycles. The summed E-state index contributed by atoms with van der Waals surface area (Å²) in [6.45, 7) is 12.8. The van der Waals surface area contributed by atoms with Crippen LogP contribution in [-0.2, 0) is 12.8 Å². The van der Waals surface area contributed by atoms with Crippen molar-refractivity contribution >= 4 is 0 Å². The van der Waals surface area contributed by atoms with Gasteiger partial charge in [-0.05, 0) is 70.6 Å². The van der Waals surface area contributed by atoms with Crippen molar-refractivity contribution in [1.29, 1.82) is 0 Å². The van der Waals surface area contributed by atoms with Gasteiger partial charge >= 0.3 is 0 Å². The Labute approximate surface area is 173 Å². The fourth-order valence-electron chi connectivity index (χ4n) is 2.87. The Morgan fingerprint density at radius 3 is 2.39 bits per heavy atom. The fourth-order valence-corrected chi connectivity index (χ4v) is 2.87. The SMILES string of the molecule is CC.CCCCCc1cc(O)c(C/C=C(\C)CCC=C(C)C)c(OCCO)c1. The molecule has 3 heteroatoms. The molecule has 0 aliphatic rings. The zero-order valence-corrected chi connectivity index (χ0v) is 19.0. The van der Waals surface area contributed by atoms with Crippen LogP contribution in [0.1, 0.15) is 84.8 Å². The van der Waals surface area contributed by atoms with Crippen LogP contribution >= 0.6 is 0 Å². The van der Waals surface area contributed by atoms with Gasteiger partial charge in [0, 0.05) is 5.56 Å². The van der Waals surface area contributed by atoms with Gasteiger partial charge in [-0.1, -0.05) is 56.9 Å². The smallest absolute Gasteiger partial charge is 0.126 e. The molecular weight excluding hydrogens is 348 g/mol. The van der Waals surface area contributed by atoms with Crippen molar-refractivity contribution in [1.82, 2.24) is 0 Å². The maximum Gasteiger partial charge on any atom is 0.126 e. The molecule has 3 nitrogen and oxygen atoms in total. The molecule has 0 saturated carbocycles. The predicted molar refractivity (Wildman–Crippen MR) is 121 cm³/mol. The summed E-state index contributed by atoms with van der Waals surface area (Å²) < 4.78 is 5.71. The maximum atomic E-state index is 10.5. The average Bonchev–Trinajstić information content (AvgIpc) is 2.67. The standard InChI is InChI=1S/C23H36O3.C2H6/c1-5-6-7-11-20-16-22(25)21(23(17-20)26-15-14-24)13-12-19(4)10-8-9-18(2)3;1-2/h9,12,16-17,24-25H,5-8,10-11,13-15H2,1-4H3;1-2H3/b19-12+;. The molecule has 0 aliphatic carbocycles. The zero-order chi connectivity index (χ0) is 21.4. The highest BCUT2D eigenvalue weighted by Gasteiger charge is 2.11. The third-order valence-electron chi connectivity index (χ3n) is 4.41. The van der Waals surface area contributed by atoms with Gasteiger partial charge in [-0.2, -0.15) is 0 Å². The monoisotopic (exact) mass is 390 g/mol. The molecule has 0 spiro atoms. The summed E-state index contributed by atoms with van der Waals surface area (Å²) >= 11 is 0. The molecule has 28 heavy (non-hydrogen) atoms. The minimum atomic E-state index is -0.0299. The van der Waals surface area contributed by atoms with E-state index in [1.165, 1.54) is 24.0 Å². The Bertz CT molecular complexity index is 596. The number of phenols is 1. The summed E-state index contributed by atoms with van der Waals surface area (Å²) in [7, 11) is 0. The number of hydrogen-bond acceptors (Lipinski definition) is 3. The van der Waals surface area contributed by atoms with E-state index in [2.05, 4.69) is 39.8 Å². The van der Waals surface area contributed by atoms with E-state index >= 15 is 0 Å². The van der Waals surface area contributed by atoms with Crippen LogP contribution in [0.5, 0.6) is 11.5 Å². The number of aliphatic hydroxyl groups is 1. The van der Waals surface area contributed by atoms with E-state index in [1.807, 2.05) is 26.0 Å². The molecule has 1 aromatic rings. The van der Waals surface area contributed by atoms with Crippen molar-refractivity contribution in [2.45, 2.75) is 86.5 Å². The largest absolute Gasteiger partial charge is 0.508 e. The highest BCUT2D eigenvalue weighted by Crippen LogP contribution is 2.32. The number of benzene rings is 1. The molecule has 2 N–H and O–H groups in total. The van der Waals surface area contributed by atoms with Gasteiger partial charge in [0.2, 0.25) is 0 Å². The van der Waals surface area contributed by atoms with Gasteiger partial charge in [0.15, 0.2) is 0 Å². The zero-order valence-electron chi connectivity index (χ0n) is 19.0. The van der Waals surface area contributed by atoms with E-state index in [-0.39, 0.29) is 13.2 Å². The number of rotatable bonds is 12. The molecule has 1 rings (SSSR count). The lowest BCUT2D eigenvalue weighted by Gasteiger charge is -2.14. The van der Waals surface area contributed by atoms with Gasteiger partial charge in [-0.15, -0.1) is 0 Å². The number of aryl methyl sites for hydroxylation is 1. The second-order valence-electron chi connectivity index (χ2n) is 7.20. The van der Waals surface area contributed by atoms with Crippen molar-refractivity contribution in [3.05, 3.63) is 46.6 Å². The number of ether oxygens (including phenoxy) is 1. The molecule has 0 bridgehead atoms. The predicted octanol–water partition coefficient (Wildman–Crippen LogP) is 6.76. The van der Waals surface area contributed by atoms with E-state index in [4.69, 9.17) is 9.84 Å². The molecule has 1 aromatic carbocycles. The summed E-state index contributed by atoms with van der Waals surface area (Å²) in [6, 6.07) is 3.88. The fraction of sp³-hybridized carbons (Fsp3) is 0.600. The number of allylic oxidation sites excluding steroid dienone is 4. The van der Waals surface area contributed by atoms with Gasteiger partial charge in [-0.3, -0.25) is 0 Å². The minimum absolute atomic E-state index is 0.0299. The molecule has 0 radical (unpaired) electrons. The summed E-state index contributed by atoms with van der Waals surface area (Å²) in [4.78, 5) is 0. The quantitative estimate of drug-likeness (QED) is 0.306. The molecule has 0 heterocycles. The first kappa shape index (κ1) is 26.3. The molecular formula is C25H42O3. The highest BCUT2D eigenvalue weighted by molar-refractivity contribution is 5.48. The maximum absolute atomic E-state index is 10.5. The Kier molecular flexibility index (Phi) is 15.2. The first-order valence-corrected chi connectivity index (χ1v) is 10.8. The second-order valence-corrected chi connectivity index (χ2v) is 7.20. The molecule has 0 fully saturated rings. The van der Waals surface area contributed by atoms with Crippen LogP contribution in [0, 0.1) is 0 Å². The summed E-state index contributed by atoms with van der Waals surface area (Å²) in [6.07, 6.45) is 11.5. The molecule has 0 saturated heterocycles. The van der Waals surface area contributed by atoms with Gasteiger partial charge in [0.05, 0.1) is 6.61 Å². The number of unbranched alkanes of at least 4 members (excludes halogenated alkanes) is 2.